The molecule has 7 heteroatoms. The molecule has 0 bridgehead atoms. The van der Waals surface area contributed by atoms with Crippen molar-refractivity contribution in [3.63, 3.8) is 0 Å². The van der Waals surface area contributed by atoms with Crippen LogP contribution in [0.3, 0.4) is 0 Å². The second-order valence-corrected chi connectivity index (χ2v) is 7.74. The van der Waals surface area contributed by atoms with E-state index in [4.69, 9.17) is 18.0 Å². The van der Waals surface area contributed by atoms with Gasteiger partial charge in [0.25, 0.3) is 0 Å². The summed E-state index contributed by atoms with van der Waals surface area (Å²) in [6, 6.07) is 6.59. The molecule has 1 unspecified atom stereocenters. The fourth-order valence-corrected chi connectivity index (χ4v) is 4.84. The van der Waals surface area contributed by atoms with Gasteiger partial charge in [0, 0.05) is 24.7 Å². The van der Waals surface area contributed by atoms with Crippen LogP contribution in [0.4, 0.5) is 0 Å². The maximum atomic E-state index is 13.0. The van der Waals surface area contributed by atoms with Crippen molar-refractivity contribution in [2.75, 3.05) is 26.7 Å². The van der Waals surface area contributed by atoms with Gasteiger partial charge in [-0.1, -0.05) is 30.4 Å². The molecule has 1 saturated heterocycles. The first kappa shape index (κ1) is 16.4. The zero-order valence-electron chi connectivity index (χ0n) is 12.3. The highest BCUT2D eigenvalue weighted by molar-refractivity contribution is 7.89. The van der Waals surface area contributed by atoms with E-state index in [1.165, 1.54) is 0 Å². The van der Waals surface area contributed by atoms with E-state index in [2.05, 4.69) is 4.90 Å². The maximum Gasteiger partial charge on any atom is 0.244 e. The van der Waals surface area contributed by atoms with Gasteiger partial charge in [0.2, 0.25) is 10.0 Å². The lowest BCUT2D eigenvalue weighted by Crippen LogP contribution is -2.42. The van der Waals surface area contributed by atoms with Gasteiger partial charge < -0.3 is 10.6 Å². The molecule has 1 atom stereocenters. The highest BCUT2D eigenvalue weighted by Crippen LogP contribution is 2.24. The summed E-state index contributed by atoms with van der Waals surface area (Å²) in [4.78, 5) is 2.46. The average Bonchev–Trinajstić information content (AvgIpc) is 2.59. The minimum Gasteiger partial charge on any atom is -0.389 e. The van der Waals surface area contributed by atoms with Crippen molar-refractivity contribution >= 4 is 27.2 Å². The van der Waals surface area contributed by atoms with E-state index >= 15 is 0 Å². The number of nitrogens with two attached hydrogens (primary N) is 1. The second-order valence-electron chi connectivity index (χ2n) is 5.44. The SMILES string of the molecule is CC1CN(C)CCCN1S(=O)(=O)c1ccccc1C(N)=S. The first-order chi connectivity index (χ1) is 9.84. The number of sulfonamides is 1. The van der Waals surface area contributed by atoms with E-state index in [1.807, 2.05) is 14.0 Å². The Morgan fingerprint density at radius 2 is 2.00 bits per heavy atom. The summed E-state index contributed by atoms with van der Waals surface area (Å²) in [5.74, 6) is 0. The lowest BCUT2D eigenvalue weighted by atomic mass is 10.2. The van der Waals surface area contributed by atoms with Crippen LogP contribution in [0.15, 0.2) is 29.2 Å². The molecule has 1 aromatic carbocycles. The third kappa shape index (κ3) is 3.42. The van der Waals surface area contributed by atoms with E-state index in [-0.39, 0.29) is 15.9 Å². The summed E-state index contributed by atoms with van der Waals surface area (Å²) in [6.45, 7) is 4.06. The van der Waals surface area contributed by atoms with E-state index in [9.17, 15) is 8.42 Å². The zero-order chi connectivity index (χ0) is 15.6. The van der Waals surface area contributed by atoms with Gasteiger partial charge in [0.1, 0.15) is 4.99 Å². The molecule has 0 radical (unpaired) electrons. The van der Waals surface area contributed by atoms with E-state index in [1.54, 1.807) is 28.6 Å². The Bertz CT molecular complexity index is 631. The predicted molar refractivity (Wildman–Crippen MR) is 87.8 cm³/mol. The Morgan fingerprint density at radius 3 is 2.67 bits per heavy atom. The summed E-state index contributed by atoms with van der Waals surface area (Å²) in [5, 5.41) is 0. The highest BCUT2D eigenvalue weighted by Gasteiger charge is 2.32. The Kier molecular flexibility index (Phi) is 4.98. The molecule has 21 heavy (non-hydrogen) atoms. The summed E-state index contributed by atoms with van der Waals surface area (Å²) < 4.78 is 27.5. The molecule has 1 heterocycles. The van der Waals surface area contributed by atoms with Gasteiger partial charge in [-0.3, -0.25) is 0 Å². The molecule has 0 amide bonds. The number of likely N-dealkylation sites (N-methyl/N-ethyl adjacent to an activating group) is 1. The normalized spacial score (nSPS) is 21.9. The van der Waals surface area contributed by atoms with Crippen molar-refractivity contribution in [3.8, 4) is 0 Å². The number of hydrogen-bond donors (Lipinski definition) is 1. The topological polar surface area (TPSA) is 66.6 Å². The Labute approximate surface area is 131 Å². The van der Waals surface area contributed by atoms with Crippen LogP contribution >= 0.6 is 12.2 Å². The molecular formula is C14H21N3O2S2. The maximum absolute atomic E-state index is 13.0. The molecule has 116 valence electrons. The van der Waals surface area contributed by atoms with Crippen LogP contribution < -0.4 is 5.73 Å². The van der Waals surface area contributed by atoms with Crippen molar-refractivity contribution < 1.29 is 8.42 Å². The molecule has 0 spiro atoms. The standard InChI is InChI=1S/C14H21N3O2S2/c1-11-10-16(2)8-5-9-17(11)21(18,19)13-7-4-3-6-12(13)14(15)20/h3-4,6-7,11H,5,8-10H2,1-2H3,(H2,15,20). The molecule has 0 aromatic heterocycles. The third-order valence-electron chi connectivity index (χ3n) is 3.73. The van der Waals surface area contributed by atoms with Gasteiger partial charge in [-0.15, -0.1) is 0 Å². The minimum atomic E-state index is -3.59. The summed E-state index contributed by atoms with van der Waals surface area (Å²) in [6.07, 6.45) is 0.815. The number of benzene rings is 1. The van der Waals surface area contributed by atoms with Crippen LogP contribution in [0.2, 0.25) is 0 Å². The van der Waals surface area contributed by atoms with E-state index in [0.29, 0.717) is 18.7 Å². The zero-order valence-corrected chi connectivity index (χ0v) is 14.0. The van der Waals surface area contributed by atoms with Crippen LogP contribution in [0.25, 0.3) is 0 Å². The van der Waals surface area contributed by atoms with Gasteiger partial charge in [0.05, 0.1) is 4.90 Å². The quantitative estimate of drug-likeness (QED) is 0.840. The van der Waals surface area contributed by atoms with Crippen LogP contribution in [-0.2, 0) is 10.0 Å². The van der Waals surface area contributed by atoms with Gasteiger partial charge in [0.15, 0.2) is 0 Å². The predicted octanol–water partition coefficient (Wildman–Crippen LogP) is 1.04. The van der Waals surface area contributed by atoms with Gasteiger partial charge >= 0.3 is 0 Å². The smallest absolute Gasteiger partial charge is 0.244 e. The van der Waals surface area contributed by atoms with Crippen LogP contribution in [-0.4, -0.2) is 55.3 Å². The van der Waals surface area contributed by atoms with Crippen LogP contribution in [0.1, 0.15) is 18.9 Å². The summed E-state index contributed by atoms with van der Waals surface area (Å²) in [7, 11) is -1.58. The van der Waals surface area contributed by atoms with E-state index < -0.39 is 10.0 Å². The number of thiocarbonyl (C=S) groups is 1. The summed E-state index contributed by atoms with van der Waals surface area (Å²) >= 11 is 4.98. The molecule has 1 aromatic rings. The minimum absolute atomic E-state index is 0.0816. The first-order valence-corrected chi connectivity index (χ1v) is 8.78. The number of nitrogens with zero attached hydrogens (tertiary/aromatic N) is 2. The molecule has 0 saturated carbocycles. The third-order valence-corrected chi connectivity index (χ3v) is 6.02. The van der Waals surface area contributed by atoms with Gasteiger partial charge in [-0.05, 0) is 33.0 Å². The molecule has 1 fully saturated rings. The van der Waals surface area contributed by atoms with Crippen LogP contribution in [0, 0.1) is 0 Å². The number of rotatable bonds is 3. The molecule has 0 aliphatic carbocycles. The molecular weight excluding hydrogens is 306 g/mol. The molecule has 1 aliphatic heterocycles. The van der Waals surface area contributed by atoms with E-state index in [0.717, 1.165) is 13.0 Å². The van der Waals surface area contributed by atoms with Gasteiger partial charge in [-0.2, -0.15) is 4.31 Å². The van der Waals surface area contributed by atoms with Crippen molar-refractivity contribution in [3.05, 3.63) is 29.8 Å². The Hall–Kier alpha value is -1.02. The summed E-state index contributed by atoms with van der Waals surface area (Å²) in [5.41, 5.74) is 6.08. The highest BCUT2D eigenvalue weighted by atomic mass is 32.2. The van der Waals surface area contributed by atoms with Crippen molar-refractivity contribution in [1.82, 2.24) is 9.21 Å². The largest absolute Gasteiger partial charge is 0.389 e. The average molecular weight is 327 g/mol. The fourth-order valence-electron chi connectivity index (χ4n) is 2.73. The van der Waals surface area contributed by atoms with Crippen molar-refractivity contribution in [1.29, 1.82) is 0 Å². The van der Waals surface area contributed by atoms with Gasteiger partial charge in [-0.25, -0.2) is 8.42 Å². The van der Waals surface area contributed by atoms with Crippen molar-refractivity contribution in [2.45, 2.75) is 24.3 Å². The molecule has 5 nitrogen and oxygen atoms in total. The first-order valence-electron chi connectivity index (χ1n) is 6.93. The Morgan fingerprint density at radius 1 is 1.33 bits per heavy atom. The fraction of sp³-hybridized carbons (Fsp3) is 0.500. The van der Waals surface area contributed by atoms with Crippen LogP contribution in [0.5, 0.6) is 0 Å². The van der Waals surface area contributed by atoms with Crippen molar-refractivity contribution in [2.24, 2.45) is 5.73 Å². The number of hydrogen-bond acceptors (Lipinski definition) is 4. The Balaban J connectivity index is 2.44. The molecule has 1 aliphatic rings. The molecule has 2 rings (SSSR count). The second kappa shape index (κ2) is 6.39. The lowest BCUT2D eigenvalue weighted by molar-refractivity contribution is 0.290. The monoisotopic (exact) mass is 327 g/mol. The molecule has 2 N–H and O–H groups in total. The lowest BCUT2D eigenvalue weighted by Gasteiger charge is -2.28.